The van der Waals surface area contributed by atoms with E-state index in [1.807, 2.05) is 0 Å². The molecule has 0 bridgehead atoms. The summed E-state index contributed by atoms with van der Waals surface area (Å²) in [5.41, 5.74) is 0. The standard InChI is InChI=1S/C18H36O2.3Na.3H/c1-2-3-4-5-6-7-8-9-10-11-12-13-14-15-16-17-18(19)20;;;;;;/h2-17H2,1H3,(H,19,20);;;;;;/q;3*+1;3*-1. The van der Waals surface area contributed by atoms with Crippen molar-refractivity contribution in [2.45, 2.75) is 110 Å². The first-order valence-electron chi connectivity index (χ1n) is 8.99. The van der Waals surface area contributed by atoms with Crippen molar-refractivity contribution >= 4 is 5.97 Å². The van der Waals surface area contributed by atoms with Gasteiger partial charge in [0, 0.05) is 6.42 Å². The number of carbonyl (C=O) groups is 1. The molecule has 0 aromatic rings. The smallest absolute Gasteiger partial charge is 1.00 e. The van der Waals surface area contributed by atoms with E-state index in [1.54, 1.807) is 0 Å². The van der Waals surface area contributed by atoms with E-state index in [0.29, 0.717) is 6.42 Å². The zero-order chi connectivity index (χ0) is 14.9. The summed E-state index contributed by atoms with van der Waals surface area (Å²) in [5.74, 6) is -0.653. The first-order chi connectivity index (χ1) is 9.77. The average Bonchev–Trinajstić information content (AvgIpc) is 2.43. The molecule has 0 spiro atoms. The van der Waals surface area contributed by atoms with Crippen LogP contribution in [0.1, 0.15) is 114 Å². The van der Waals surface area contributed by atoms with Crippen LogP contribution in [-0.4, -0.2) is 11.1 Å². The van der Waals surface area contributed by atoms with Crippen LogP contribution < -0.4 is 88.7 Å². The Labute approximate surface area is 216 Å². The van der Waals surface area contributed by atoms with Gasteiger partial charge in [0.2, 0.25) is 0 Å². The van der Waals surface area contributed by atoms with Gasteiger partial charge in [0.05, 0.1) is 0 Å². The van der Waals surface area contributed by atoms with Crippen LogP contribution in [0.5, 0.6) is 0 Å². The van der Waals surface area contributed by atoms with Crippen LogP contribution in [0.3, 0.4) is 0 Å². The monoisotopic (exact) mass is 356 g/mol. The summed E-state index contributed by atoms with van der Waals surface area (Å²) < 4.78 is 0. The van der Waals surface area contributed by atoms with Crippen molar-refractivity contribution in [3.63, 3.8) is 0 Å². The van der Waals surface area contributed by atoms with Crippen molar-refractivity contribution in [1.29, 1.82) is 0 Å². The maximum atomic E-state index is 10.3. The van der Waals surface area contributed by atoms with Crippen molar-refractivity contribution in [2.75, 3.05) is 0 Å². The maximum absolute atomic E-state index is 10.3. The summed E-state index contributed by atoms with van der Waals surface area (Å²) >= 11 is 0. The Morgan fingerprint density at radius 3 is 1.13 bits per heavy atom. The van der Waals surface area contributed by atoms with Crippen molar-refractivity contribution in [3.05, 3.63) is 0 Å². The van der Waals surface area contributed by atoms with Crippen LogP contribution in [0.4, 0.5) is 0 Å². The van der Waals surface area contributed by atoms with Crippen LogP contribution in [0.15, 0.2) is 0 Å². The number of carboxylic acid groups (broad SMARTS) is 1. The fourth-order valence-corrected chi connectivity index (χ4v) is 2.65. The third kappa shape index (κ3) is 32.6. The zero-order valence-corrected chi connectivity index (χ0v) is 22.7. The Kier molecular flexibility index (Phi) is 42.1. The van der Waals surface area contributed by atoms with E-state index < -0.39 is 5.97 Å². The van der Waals surface area contributed by atoms with Gasteiger partial charge in [0.1, 0.15) is 0 Å². The van der Waals surface area contributed by atoms with Gasteiger partial charge in [0.15, 0.2) is 0 Å². The van der Waals surface area contributed by atoms with Gasteiger partial charge in [-0.2, -0.15) is 0 Å². The SMILES string of the molecule is CCCCCCCCCCCCCCCCCC(=O)O.[H-].[H-].[H-].[Na+].[Na+].[Na+]. The van der Waals surface area contributed by atoms with Gasteiger partial charge in [-0.3, -0.25) is 4.79 Å². The van der Waals surface area contributed by atoms with Crippen LogP contribution in [0.2, 0.25) is 0 Å². The molecule has 0 unspecified atom stereocenters. The number of aliphatic carboxylic acids is 1. The molecular weight excluding hydrogens is 317 g/mol. The first-order valence-corrected chi connectivity index (χ1v) is 8.99. The van der Waals surface area contributed by atoms with Crippen LogP contribution in [-0.2, 0) is 4.79 Å². The summed E-state index contributed by atoms with van der Waals surface area (Å²) in [4.78, 5) is 10.3. The average molecular weight is 356 g/mol. The molecule has 0 fully saturated rings. The fraction of sp³-hybridized carbons (Fsp3) is 0.944. The minimum Gasteiger partial charge on any atom is -1.00 e. The second-order valence-electron chi connectivity index (χ2n) is 6.09. The van der Waals surface area contributed by atoms with E-state index in [4.69, 9.17) is 5.11 Å². The molecular formula is C18H39Na3O2. The topological polar surface area (TPSA) is 37.3 Å². The number of unbranched alkanes of at least 4 members (excludes halogenated alkanes) is 14. The van der Waals surface area contributed by atoms with Gasteiger partial charge in [-0.15, -0.1) is 0 Å². The Morgan fingerprint density at radius 2 is 0.870 bits per heavy atom. The molecule has 0 aliphatic heterocycles. The van der Waals surface area contributed by atoms with Crippen LogP contribution >= 0.6 is 0 Å². The number of carboxylic acids is 1. The van der Waals surface area contributed by atoms with Gasteiger partial charge < -0.3 is 9.39 Å². The van der Waals surface area contributed by atoms with Gasteiger partial charge >= 0.3 is 94.6 Å². The summed E-state index contributed by atoms with van der Waals surface area (Å²) in [5, 5.41) is 8.52. The molecule has 1 N–H and O–H groups in total. The van der Waals surface area contributed by atoms with E-state index >= 15 is 0 Å². The minimum absolute atomic E-state index is 0. The predicted octanol–water partition coefficient (Wildman–Crippen LogP) is -2.32. The Morgan fingerprint density at radius 1 is 0.609 bits per heavy atom. The van der Waals surface area contributed by atoms with Crippen molar-refractivity contribution in [1.82, 2.24) is 0 Å². The summed E-state index contributed by atoms with van der Waals surface area (Å²) in [7, 11) is 0. The third-order valence-corrected chi connectivity index (χ3v) is 3.99. The molecule has 0 amide bonds. The molecule has 0 heterocycles. The molecule has 0 aromatic heterocycles. The maximum Gasteiger partial charge on any atom is 1.00 e. The van der Waals surface area contributed by atoms with Crippen molar-refractivity contribution < 1.29 is 103 Å². The Balaban J connectivity index is -0.000000120. The quantitative estimate of drug-likeness (QED) is 0.249. The van der Waals surface area contributed by atoms with Crippen LogP contribution in [0.25, 0.3) is 0 Å². The molecule has 0 radical (unpaired) electrons. The fourth-order valence-electron chi connectivity index (χ4n) is 2.65. The molecule has 126 valence electrons. The minimum atomic E-state index is -0.653. The molecule has 0 saturated carbocycles. The molecule has 0 aliphatic carbocycles. The summed E-state index contributed by atoms with van der Waals surface area (Å²) in [6, 6.07) is 0. The normalized spacial score (nSPS) is 9.43. The van der Waals surface area contributed by atoms with Gasteiger partial charge in [-0.1, -0.05) is 96.8 Å². The molecule has 2 nitrogen and oxygen atoms in total. The molecule has 0 atom stereocenters. The molecule has 0 rings (SSSR count). The molecule has 0 aromatic carbocycles. The summed E-state index contributed by atoms with van der Waals surface area (Å²) in [6.45, 7) is 2.27. The number of hydrogen-bond donors (Lipinski definition) is 1. The number of rotatable bonds is 16. The van der Waals surface area contributed by atoms with E-state index in [0.717, 1.165) is 12.8 Å². The van der Waals surface area contributed by atoms with E-state index in [2.05, 4.69) is 6.92 Å². The predicted molar refractivity (Wildman–Crippen MR) is 90.5 cm³/mol. The largest absolute Gasteiger partial charge is 1.00 e. The first kappa shape index (κ1) is 33.1. The molecule has 0 aliphatic rings. The Hall–Kier alpha value is 2.47. The van der Waals surface area contributed by atoms with Crippen molar-refractivity contribution in [3.8, 4) is 0 Å². The van der Waals surface area contributed by atoms with Crippen LogP contribution in [0, 0.1) is 0 Å². The number of hydrogen-bond acceptors (Lipinski definition) is 1. The van der Waals surface area contributed by atoms with Gasteiger partial charge in [0.25, 0.3) is 0 Å². The van der Waals surface area contributed by atoms with E-state index in [1.165, 1.54) is 83.5 Å². The Bertz CT molecular complexity index is 228. The second-order valence-corrected chi connectivity index (χ2v) is 6.09. The van der Waals surface area contributed by atoms with Gasteiger partial charge in [-0.25, -0.2) is 0 Å². The van der Waals surface area contributed by atoms with E-state index in [9.17, 15) is 4.79 Å². The summed E-state index contributed by atoms with van der Waals surface area (Å²) in [6.07, 6.45) is 20.2. The molecule has 0 saturated heterocycles. The molecule has 23 heavy (non-hydrogen) atoms. The second kappa shape index (κ2) is 29.2. The van der Waals surface area contributed by atoms with Gasteiger partial charge in [-0.05, 0) is 6.42 Å². The van der Waals surface area contributed by atoms with E-state index in [-0.39, 0.29) is 93.0 Å². The zero-order valence-electron chi connectivity index (χ0n) is 19.7. The third-order valence-electron chi connectivity index (χ3n) is 3.99. The van der Waals surface area contributed by atoms with Crippen molar-refractivity contribution in [2.24, 2.45) is 0 Å². The molecule has 5 heteroatoms.